The van der Waals surface area contributed by atoms with Gasteiger partial charge in [-0.05, 0) is 12.1 Å². The fourth-order valence-corrected chi connectivity index (χ4v) is 2.38. The molecule has 20 heavy (non-hydrogen) atoms. The Kier molecular flexibility index (Phi) is 5.14. The van der Waals surface area contributed by atoms with Gasteiger partial charge < -0.3 is 5.32 Å². The number of carbonyl (C=O) groups excluding carboxylic acids is 2. The SMILES string of the molecule is CC(=O)NCCC(=O)NS(=O)(=O)c1ccc(F)cc1F. The number of rotatable bonds is 5. The Labute approximate surface area is 114 Å². The molecule has 0 saturated carbocycles. The standard InChI is InChI=1S/C11H12F2N2O4S/c1-7(16)14-5-4-11(17)15-20(18,19)10-3-2-8(12)6-9(10)13/h2-3,6H,4-5H2,1H3,(H,14,16)(H,15,17). The molecular formula is C11H12F2N2O4S. The normalized spacial score (nSPS) is 10.9. The summed E-state index contributed by atoms with van der Waals surface area (Å²) in [5.41, 5.74) is 0. The van der Waals surface area contributed by atoms with Crippen LogP contribution in [0.5, 0.6) is 0 Å². The third kappa shape index (κ3) is 4.57. The Bertz CT molecular complexity index is 631. The Morgan fingerprint density at radius 2 is 1.90 bits per heavy atom. The lowest BCUT2D eigenvalue weighted by molar-refractivity contribution is -0.120. The summed E-state index contributed by atoms with van der Waals surface area (Å²) in [6.07, 6.45) is -0.290. The number of sulfonamides is 1. The van der Waals surface area contributed by atoms with Crippen LogP contribution in [-0.4, -0.2) is 26.8 Å². The monoisotopic (exact) mass is 306 g/mol. The minimum Gasteiger partial charge on any atom is -0.356 e. The molecule has 0 spiro atoms. The van der Waals surface area contributed by atoms with Crippen LogP contribution in [0.4, 0.5) is 8.78 Å². The molecule has 0 unspecified atom stereocenters. The highest BCUT2D eigenvalue weighted by Crippen LogP contribution is 2.15. The summed E-state index contributed by atoms with van der Waals surface area (Å²) in [6, 6.07) is 1.88. The first-order valence-corrected chi connectivity index (χ1v) is 6.96. The molecule has 0 bridgehead atoms. The maximum atomic E-state index is 13.3. The summed E-state index contributed by atoms with van der Waals surface area (Å²) < 4.78 is 51.0. The molecule has 2 N–H and O–H groups in total. The molecular weight excluding hydrogens is 294 g/mol. The number of nitrogens with one attached hydrogen (secondary N) is 2. The highest BCUT2D eigenvalue weighted by Gasteiger charge is 2.21. The third-order valence-corrected chi connectivity index (χ3v) is 3.56. The van der Waals surface area contributed by atoms with E-state index >= 15 is 0 Å². The fraction of sp³-hybridized carbons (Fsp3) is 0.273. The van der Waals surface area contributed by atoms with Gasteiger partial charge in [-0.25, -0.2) is 21.9 Å². The molecule has 1 rings (SSSR count). The van der Waals surface area contributed by atoms with Gasteiger partial charge >= 0.3 is 0 Å². The predicted octanol–water partition coefficient (Wildman–Crippen LogP) is 0.296. The van der Waals surface area contributed by atoms with E-state index in [0.717, 1.165) is 6.07 Å². The van der Waals surface area contributed by atoms with Crippen LogP contribution < -0.4 is 10.0 Å². The molecule has 0 radical (unpaired) electrons. The summed E-state index contributed by atoms with van der Waals surface area (Å²) in [4.78, 5) is 21.1. The van der Waals surface area contributed by atoms with Gasteiger partial charge in [-0.15, -0.1) is 0 Å². The van der Waals surface area contributed by atoms with E-state index in [4.69, 9.17) is 0 Å². The maximum absolute atomic E-state index is 13.3. The van der Waals surface area contributed by atoms with Gasteiger partial charge in [0.15, 0.2) is 0 Å². The second-order valence-electron chi connectivity index (χ2n) is 3.84. The average Bonchev–Trinajstić information content (AvgIpc) is 2.26. The molecule has 6 nitrogen and oxygen atoms in total. The van der Waals surface area contributed by atoms with Crippen molar-refractivity contribution < 1.29 is 26.8 Å². The van der Waals surface area contributed by atoms with Crippen LogP contribution in [0, 0.1) is 11.6 Å². The molecule has 0 aliphatic rings. The van der Waals surface area contributed by atoms with E-state index < -0.39 is 32.5 Å². The van der Waals surface area contributed by atoms with Crippen molar-refractivity contribution in [2.24, 2.45) is 0 Å². The zero-order valence-electron chi connectivity index (χ0n) is 10.4. The van der Waals surface area contributed by atoms with Crippen molar-refractivity contribution >= 4 is 21.8 Å². The summed E-state index contributed by atoms with van der Waals surface area (Å²) in [5.74, 6) is -3.52. The zero-order valence-corrected chi connectivity index (χ0v) is 11.3. The van der Waals surface area contributed by atoms with E-state index in [1.807, 2.05) is 0 Å². The quantitative estimate of drug-likeness (QED) is 0.818. The van der Waals surface area contributed by atoms with Crippen molar-refractivity contribution in [3.63, 3.8) is 0 Å². The van der Waals surface area contributed by atoms with Crippen LogP contribution in [0.2, 0.25) is 0 Å². The van der Waals surface area contributed by atoms with Gasteiger partial charge in [0.1, 0.15) is 16.5 Å². The molecule has 0 saturated heterocycles. The molecule has 2 amide bonds. The first-order chi connectivity index (χ1) is 9.22. The number of hydrogen-bond donors (Lipinski definition) is 2. The van der Waals surface area contributed by atoms with Gasteiger partial charge in [0.05, 0.1) is 0 Å². The van der Waals surface area contributed by atoms with E-state index in [2.05, 4.69) is 5.32 Å². The van der Waals surface area contributed by atoms with Crippen LogP contribution >= 0.6 is 0 Å². The summed E-state index contributed by atoms with van der Waals surface area (Å²) in [7, 11) is -4.41. The fourth-order valence-electron chi connectivity index (χ4n) is 1.30. The van der Waals surface area contributed by atoms with Crippen molar-refractivity contribution in [1.82, 2.24) is 10.0 Å². The molecule has 0 aliphatic heterocycles. The molecule has 1 aromatic rings. The summed E-state index contributed by atoms with van der Waals surface area (Å²) in [6.45, 7) is 1.19. The Hall–Kier alpha value is -2.03. The highest BCUT2D eigenvalue weighted by molar-refractivity contribution is 7.90. The molecule has 110 valence electrons. The maximum Gasteiger partial charge on any atom is 0.266 e. The van der Waals surface area contributed by atoms with Crippen LogP contribution in [0.1, 0.15) is 13.3 Å². The van der Waals surface area contributed by atoms with E-state index in [1.54, 1.807) is 4.72 Å². The van der Waals surface area contributed by atoms with Crippen molar-refractivity contribution in [3.05, 3.63) is 29.8 Å². The summed E-state index contributed by atoms with van der Waals surface area (Å²) >= 11 is 0. The van der Waals surface area contributed by atoms with Gasteiger partial charge in [0.2, 0.25) is 11.8 Å². The highest BCUT2D eigenvalue weighted by atomic mass is 32.2. The first-order valence-electron chi connectivity index (χ1n) is 5.47. The molecule has 0 aliphatic carbocycles. The van der Waals surface area contributed by atoms with Gasteiger partial charge in [-0.3, -0.25) is 9.59 Å². The predicted molar refractivity (Wildman–Crippen MR) is 65.0 cm³/mol. The van der Waals surface area contributed by atoms with Crippen molar-refractivity contribution in [1.29, 1.82) is 0 Å². The van der Waals surface area contributed by atoms with E-state index in [9.17, 15) is 26.8 Å². The minimum absolute atomic E-state index is 0.0530. The number of amides is 2. The van der Waals surface area contributed by atoms with Gasteiger partial charge in [0, 0.05) is 26.0 Å². The Morgan fingerprint density at radius 1 is 1.25 bits per heavy atom. The van der Waals surface area contributed by atoms with Crippen molar-refractivity contribution in [2.75, 3.05) is 6.54 Å². The van der Waals surface area contributed by atoms with Crippen molar-refractivity contribution in [2.45, 2.75) is 18.2 Å². The van der Waals surface area contributed by atoms with Crippen LogP contribution in [0.3, 0.4) is 0 Å². The van der Waals surface area contributed by atoms with Crippen molar-refractivity contribution in [3.8, 4) is 0 Å². The molecule has 1 aromatic carbocycles. The number of carbonyl (C=O) groups is 2. The molecule has 9 heteroatoms. The van der Waals surface area contributed by atoms with E-state index in [0.29, 0.717) is 12.1 Å². The first kappa shape index (κ1) is 16.0. The Morgan fingerprint density at radius 3 is 2.45 bits per heavy atom. The molecule has 0 fully saturated rings. The van der Waals surface area contributed by atoms with Gasteiger partial charge in [0.25, 0.3) is 10.0 Å². The largest absolute Gasteiger partial charge is 0.356 e. The Balaban J connectivity index is 2.74. The number of hydrogen-bond acceptors (Lipinski definition) is 4. The van der Waals surface area contributed by atoms with E-state index in [1.165, 1.54) is 6.92 Å². The average molecular weight is 306 g/mol. The van der Waals surface area contributed by atoms with Crippen LogP contribution in [0.25, 0.3) is 0 Å². The molecule has 0 aromatic heterocycles. The minimum atomic E-state index is -4.41. The van der Waals surface area contributed by atoms with Crippen LogP contribution in [0.15, 0.2) is 23.1 Å². The lowest BCUT2D eigenvalue weighted by atomic mass is 10.3. The second kappa shape index (κ2) is 6.42. The molecule has 0 heterocycles. The van der Waals surface area contributed by atoms with Gasteiger partial charge in [-0.2, -0.15) is 0 Å². The lowest BCUT2D eigenvalue weighted by Gasteiger charge is -2.08. The zero-order chi connectivity index (χ0) is 15.3. The summed E-state index contributed by atoms with van der Waals surface area (Å²) in [5, 5.41) is 2.30. The second-order valence-corrected chi connectivity index (χ2v) is 5.49. The van der Waals surface area contributed by atoms with Crippen LogP contribution in [-0.2, 0) is 19.6 Å². The molecule has 0 atom stereocenters. The smallest absolute Gasteiger partial charge is 0.266 e. The van der Waals surface area contributed by atoms with E-state index in [-0.39, 0.29) is 18.9 Å². The third-order valence-electron chi connectivity index (χ3n) is 2.16. The number of halogens is 2. The topological polar surface area (TPSA) is 92.3 Å². The lowest BCUT2D eigenvalue weighted by Crippen LogP contribution is -2.34. The number of benzene rings is 1. The van der Waals surface area contributed by atoms with Gasteiger partial charge in [-0.1, -0.05) is 0 Å².